The third-order valence-corrected chi connectivity index (χ3v) is 4.54. The molecule has 2 rings (SSSR count). The molecule has 0 N–H and O–H groups in total. The highest BCUT2D eigenvalue weighted by Gasteiger charge is 2.32. The minimum absolute atomic E-state index is 0.383. The van der Waals surface area contributed by atoms with Gasteiger partial charge in [0.25, 0.3) is 0 Å². The van der Waals surface area contributed by atoms with Gasteiger partial charge in [0, 0.05) is 9.64 Å². The molecule has 1 aromatic carbocycles. The normalized spacial score (nSPS) is 25.3. The van der Waals surface area contributed by atoms with Crippen LogP contribution in [0.3, 0.4) is 0 Å². The average Bonchev–Trinajstić information content (AvgIpc) is 2.06. The third-order valence-electron chi connectivity index (χ3n) is 2.99. The first-order valence-corrected chi connectivity index (χ1v) is 5.59. The van der Waals surface area contributed by atoms with Gasteiger partial charge >= 0.3 is 0 Å². The van der Waals surface area contributed by atoms with Crippen LogP contribution in [0.15, 0.2) is 23.1 Å². The van der Waals surface area contributed by atoms with Crippen LogP contribution in [0.25, 0.3) is 0 Å². The highest BCUT2D eigenvalue weighted by atomic mass is 32.2. The zero-order valence-corrected chi connectivity index (χ0v) is 9.24. The summed E-state index contributed by atoms with van der Waals surface area (Å²) >= 11 is 2.00. The predicted molar refractivity (Wildman–Crippen MR) is 58.1 cm³/mol. The van der Waals surface area contributed by atoms with E-state index in [-0.39, 0.29) is 0 Å². The van der Waals surface area contributed by atoms with Crippen molar-refractivity contribution in [3.8, 4) is 0 Å². The molecule has 0 saturated heterocycles. The second kappa shape index (κ2) is 3.06. The fraction of sp³-hybridized carbons (Fsp3) is 0.500. The second-order valence-electron chi connectivity index (χ2n) is 4.34. The molecule has 0 aromatic heterocycles. The maximum atomic E-state index is 3.16. The lowest BCUT2D eigenvalue weighted by molar-refractivity contribution is 0.447. The Balaban J connectivity index is 2.39. The smallest absolute Gasteiger partial charge is 0.0179 e. The van der Waals surface area contributed by atoms with Crippen molar-refractivity contribution < 1.29 is 0 Å². The Hall–Kier alpha value is -0.430. The molecule has 1 unspecified atom stereocenters. The van der Waals surface area contributed by atoms with E-state index in [4.69, 9.17) is 0 Å². The second-order valence-corrected chi connectivity index (χ2v) is 6.04. The van der Waals surface area contributed by atoms with Gasteiger partial charge in [-0.1, -0.05) is 32.9 Å². The summed E-state index contributed by atoms with van der Waals surface area (Å²) in [6, 6.07) is 9.49. The molecule has 0 aliphatic carbocycles. The van der Waals surface area contributed by atoms with Crippen molar-refractivity contribution >= 4 is 11.8 Å². The quantitative estimate of drug-likeness (QED) is 0.604. The van der Waals surface area contributed by atoms with Crippen LogP contribution in [0.2, 0.25) is 0 Å². The van der Waals surface area contributed by atoms with E-state index in [1.165, 1.54) is 16.9 Å². The van der Waals surface area contributed by atoms with Gasteiger partial charge in [-0.05, 0) is 30.0 Å². The summed E-state index contributed by atoms with van der Waals surface area (Å²) in [7, 11) is 0. The summed E-state index contributed by atoms with van der Waals surface area (Å²) in [5, 5.41) is 0. The third kappa shape index (κ3) is 1.62. The number of rotatable bonds is 0. The van der Waals surface area contributed by atoms with Crippen LogP contribution in [0, 0.1) is 12.0 Å². The van der Waals surface area contributed by atoms with Crippen LogP contribution in [0.4, 0.5) is 0 Å². The Morgan fingerprint density at radius 2 is 2.31 bits per heavy atom. The Morgan fingerprint density at radius 1 is 1.54 bits per heavy atom. The van der Waals surface area contributed by atoms with Gasteiger partial charge in [-0.2, -0.15) is 0 Å². The van der Waals surface area contributed by atoms with Gasteiger partial charge in [0.05, 0.1) is 0 Å². The summed E-state index contributed by atoms with van der Waals surface area (Å²) in [4.78, 5) is 1.45. The van der Waals surface area contributed by atoms with Gasteiger partial charge in [-0.25, -0.2) is 0 Å². The van der Waals surface area contributed by atoms with E-state index >= 15 is 0 Å². The van der Waals surface area contributed by atoms with E-state index in [0.29, 0.717) is 4.75 Å². The molecule has 1 heteroatoms. The molecule has 1 aliphatic heterocycles. The molecule has 0 bridgehead atoms. The van der Waals surface area contributed by atoms with Crippen LogP contribution in [0.1, 0.15) is 26.3 Å². The molecule has 1 aromatic rings. The van der Waals surface area contributed by atoms with Crippen molar-refractivity contribution in [2.24, 2.45) is 5.92 Å². The van der Waals surface area contributed by atoms with Crippen LogP contribution in [-0.4, -0.2) is 4.75 Å². The summed E-state index contributed by atoms with van der Waals surface area (Å²) in [5.74, 6) is 0.751. The van der Waals surface area contributed by atoms with Gasteiger partial charge in [-0.3, -0.25) is 0 Å². The number of benzene rings is 1. The number of hydrogen-bond acceptors (Lipinski definition) is 1. The molecule has 0 amide bonds. The van der Waals surface area contributed by atoms with Crippen molar-refractivity contribution in [1.29, 1.82) is 0 Å². The van der Waals surface area contributed by atoms with Crippen LogP contribution in [0.5, 0.6) is 0 Å². The summed E-state index contributed by atoms with van der Waals surface area (Å²) in [6.07, 6.45) is 1.20. The maximum Gasteiger partial charge on any atom is 0.0179 e. The molecular formula is C12H15S. The molecule has 1 radical (unpaired) electrons. The Bertz CT molecular complexity index is 315. The average molecular weight is 191 g/mol. The first-order valence-electron chi connectivity index (χ1n) is 4.77. The lowest BCUT2D eigenvalue weighted by Gasteiger charge is -2.36. The van der Waals surface area contributed by atoms with E-state index in [1.54, 1.807) is 0 Å². The minimum Gasteiger partial charge on any atom is -0.119 e. The molecule has 69 valence electrons. The van der Waals surface area contributed by atoms with Crippen LogP contribution >= 0.6 is 11.8 Å². The monoisotopic (exact) mass is 191 g/mol. The van der Waals surface area contributed by atoms with Gasteiger partial charge in [0.1, 0.15) is 0 Å². The zero-order valence-electron chi connectivity index (χ0n) is 8.42. The van der Waals surface area contributed by atoms with Crippen molar-refractivity contribution in [2.45, 2.75) is 36.8 Å². The van der Waals surface area contributed by atoms with Crippen molar-refractivity contribution in [3.63, 3.8) is 0 Å². The molecule has 0 nitrogen and oxygen atoms in total. The first kappa shape index (κ1) is 9.14. The molecule has 1 heterocycles. The first-order chi connectivity index (χ1) is 6.09. The topological polar surface area (TPSA) is 0 Å². The number of fused-ring (bicyclic) bond motifs is 1. The van der Waals surface area contributed by atoms with Gasteiger partial charge in [-0.15, -0.1) is 11.8 Å². The van der Waals surface area contributed by atoms with Crippen LogP contribution in [-0.2, 0) is 6.42 Å². The van der Waals surface area contributed by atoms with Crippen molar-refractivity contribution in [1.82, 2.24) is 0 Å². The van der Waals surface area contributed by atoms with Gasteiger partial charge in [0.2, 0.25) is 0 Å². The van der Waals surface area contributed by atoms with Gasteiger partial charge in [0.15, 0.2) is 0 Å². The summed E-state index contributed by atoms with van der Waals surface area (Å²) < 4.78 is 0.383. The minimum atomic E-state index is 0.383. The van der Waals surface area contributed by atoms with E-state index in [1.807, 2.05) is 17.8 Å². The SMILES string of the molecule is CC1Cc2c[c]ccc2SC1(C)C. The molecule has 1 atom stereocenters. The van der Waals surface area contributed by atoms with Gasteiger partial charge < -0.3 is 0 Å². The van der Waals surface area contributed by atoms with E-state index in [2.05, 4.69) is 39.0 Å². The maximum absolute atomic E-state index is 3.16. The Morgan fingerprint density at radius 3 is 3.08 bits per heavy atom. The van der Waals surface area contributed by atoms with E-state index in [0.717, 1.165) is 5.92 Å². The summed E-state index contributed by atoms with van der Waals surface area (Å²) in [6.45, 7) is 7.01. The zero-order chi connectivity index (χ0) is 9.47. The lowest BCUT2D eigenvalue weighted by Crippen LogP contribution is -2.30. The molecule has 0 fully saturated rings. The molecule has 13 heavy (non-hydrogen) atoms. The van der Waals surface area contributed by atoms with E-state index < -0.39 is 0 Å². The largest absolute Gasteiger partial charge is 0.119 e. The highest BCUT2D eigenvalue weighted by Crippen LogP contribution is 2.45. The molecular weight excluding hydrogens is 176 g/mol. The molecule has 0 saturated carbocycles. The predicted octanol–water partition coefficient (Wildman–Crippen LogP) is 3.55. The van der Waals surface area contributed by atoms with E-state index in [9.17, 15) is 0 Å². The van der Waals surface area contributed by atoms with Crippen LogP contribution < -0.4 is 0 Å². The Kier molecular flexibility index (Phi) is 2.15. The molecule has 1 aliphatic rings. The number of thioether (sulfide) groups is 1. The molecule has 0 spiro atoms. The Labute approximate surface area is 84.7 Å². The van der Waals surface area contributed by atoms with Crippen molar-refractivity contribution in [3.05, 3.63) is 29.8 Å². The lowest BCUT2D eigenvalue weighted by atomic mass is 9.89. The van der Waals surface area contributed by atoms with Crippen molar-refractivity contribution in [2.75, 3.05) is 0 Å². The standard InChI is InChI=1S/C12H15S/c1-9-8-10-6-4-5-7-11(10)13-12(9,2)3/h5-7,9H,8H2,1-3H3. The fourth-order valence-electron chi connectivity index (χ4n) is 1.67. The highest BCUT2D eigenvalue weighted by molar-refractivity contribution is 8.00. The summed E-state index contributed by atoms with van der Waals surface area (Å²) in [5.41, 5.74) is 1.47. The number of hydrogen-bond donors (Lipinski definition) is 0. The fourth-order valence-corrected chi connectivity index (χ4v) is 2.93.